The quantitative estimate of drug-likeness (QED) is 0.410. The second-order valence-electron chi connectivity index (χ2n) is 8.98. The highest BCUT2D eigenvalue weighted by Gasteiger charge is 2.10. The van der Waals surface area contributed by atoms with Crippen molar-refractivity contribution in [3.63, 3.8) is 0 Å². The molecular weight excluding hydrogens is 379 g/mol. The van der Waals surface area contributed by atoms with Gasteiger partial charge in [-0.25, -0.2) is 0 Å². The Hall–Kier alpha value is -2.42. The smallest absolute Gasteiger partial charge is 0.526 e. The molecule has 0 saturated heterocycles. The summed E-state index contributed by atoms with van der Waals surface area (Å²) in [6.07, 6.45) is 22.9. The van der Waals surface area contributed by atoms with E-state index in [4.69, 9.17) is 9.31 Å². The molecule has 2 fully saturated rings. The lowest BCUT2D eigenvalue weighted by Crippen LogP contribution is -2.10. The van der Waals surface area contributed by atoms with Crippen LogP contribution in [0.15, 0.2) is 60.7 Å². The second kappa shape index (κ2) is 11.8. The number of hydrogen-bond donors (Lipinski definition) is 0. The summed E-state index contributed by atoms with van der Waals surface area (Å²) < 4.78 is 11.3. The average molecular weight is 413 g/mol. The van der Waals surface area contributed by atoms with Crippen molar-refractivity contribution in [2.45, 2.75) is 64.2 Å². The van der Waals surface area contributed by atoms with Crippen LogP contribution in [0.3, 0.4) is 0 Å². The minimum Gasteiger partial charge on any atom is -0.526 e. The fourth-order valence-corrected chi connectivity index (χ4v) is 4.60. The van der Waals surface area contributed by atoms with Gasteiger partial charge in [0.2, 0.25) is 0 Å². The Labute approximate surface area is 188 Å². The maximum Gasteiger partial charge on any atom is 0.658 e. The van der Waals surface area contributed by atoms with Crippen LogP contribution in [0.25, 0.3) is 12.2 Å². The standard InChI is InChI=1S/C28H34BO2/c1-3-7-23(8-4-1)11-13-25-15-19-27(20-16-25)30-29-31-28-21-17-26(18-22-28)14-12-24-9-5-2-6-10-24/h11-24H,1-10H2. The van der Waals surface area contributed by atoms with Gasteiger partial charge in [0.15, 0.2) is 0 Å². The van der Waals surface area contributed by atoms with E-state index in [-0.39, 0.29) is 0 Å². The van der Waals surface area contributed by atoms with Crippen LogP contribution >= 0.6 is 0 Å². The van der Waals surface area contributed by atoms with Gasteiger partial charge in [0, 0.05) is 0 Å². The molecule has 2 aromatic carbocycles. The normalized spacial score (nSPS) is 18.5. The highest BCUT2D eigenvalue weighted by Crippen LogP contribution is 2.26. The molecule has 31 heavy (non-hydrogen) atoms. The van der Waals surface area contributed by atoms with Gasteiger partial charge in [0.1, 0.15) is 11.5 Å². The van der Waals surface area contributed by atoms with Crippen molar-refractivity contribution in [1.82, 2.24) is 0 Å². The first-order chi connectivity index (χ1) is 15.3. The SMILES string of the molecule is [B](Oc1ccc(C=CC2CCCCC2)cc1)Oc1ccc(C=CC2CCCCC2)cc1. The van der Waals surface area contributed by atoms with E-state index in [1.807, 2.05) is 24.3 Å². The lowest BCUT2D eigenvalue weighted by molar-refractivity contribution is 0.420. The molecule has 2 aromatic rings. The van der Waals surface area contributed by atoms with Crippen LogP contribution in [0, 0.1) is 11.8 Å². The molecule has 0 atom stereocenters. The monoisotopic (exact) mass is 413 g/mol. The van der Waals surface area contributed by atoms with Gasteiger partial charge in [-0.15, -0.1) is 0 Å². The third-order valence-corrected chi connectivity index (χ3v) is 6.55. The van der Waals surface area contributed by atoms with E-state index in [9.17, 15) is 0 Å². The van der Waals surface area contributed by atoms with Crippen molar-refractivity contribution in [2.75, 3.05) is 0 Å². The summed E-state index contributed by atoms with van der Waals surface area (Å²) in [7, 11) is 1.40. The highest BCUT2D eigenvalue weighted by molar-refractivity contribution is 6.20. The molecule has 161 valence electrons. The molecular formula is C28H34BO2. The molecule has 0 amide bonds. The Morgan fingerprint density at radius 1 is 0.548 bits per heavy atom. The Morgan fingerprint density at radius 2 is 0.935 bits per heavy atom. The lowest BCUT2D eigenvalue weighted by atomic mass is 9.89. The van der Waals surface area contributed by atoms with Crippen molar-refractivity contribution in [3.8, 4) is 11.5 Å². The summed E-state index contributed by atoms with van der Waals surface area (Å²) >= 11 is 0. The zero-order valence-corrected chi connectivity index (χ0v) is 18.5. The first kappa shape index (κ1) is 21.8. The molecule has 0 aromatic heterocycles. The van der Waals surface area contributed by atoms with Crippen molar-refractivity contribution >= 4 is 19.8 Å². The van der Waals surface area contributed by atoms with Crippen LogP contribution in [0.1, 0.15) is 75.3 Å². The molecule has 2 saturated carbocycles. The molecule has 1 radical (unpaired) electrons. The third kappa shape index (κ3) is 7.34. The fourth-order valence-electron chi connectivity index (χ4n) is 4.60. The van der Waals surface area contributed by atoms with Gasteiger partial charge in [-0.1, -0.05) is 87.1 Å². The molecule has 3 heteroatoms. The number of allylic oxidation sites excluding steroid dienone is 2. The number of hydrogen-bond acceptors (Lipinski definition) is 2. The summed E-state index contributed by atoms with van der Waals surface area (Å²) in [5.74, 6) is 3.06. The molecule has 2 aliphatic rings. The minimum absolute atomic E-state index is 0.751. The van der Waals surface area contributed by atoms with E-state index in [0.717, 1.165) is 23.3 Å². The van der Waals surface area contributed by atoms with Gasteiger partial charge in [-0.05, 0) is 72.9 Å². The van der Waals surface area contributed by atoms with Gasteiger partial charge < -0.3 is 9.31 Å². The molecule has 0 aliphatic heterocycles. The Morgan fingerprint density at radius 3 is 1.32 bits per heavy atom. The number of benzene rings is 2. The highest BCUT2D eigenvalue weighted by atomic mass is 16.6. The van der Waals surface area contributed by atoms with Crippen molar-refractivity contribution in [2.24, 2.45) is 11.8 Å². The van der Waals surface area contributed by atoms with Gasteiger partial charge in [-0.3, -0.25) is 0 Å². The zero-order chi connectivity index (χ0) is 21.1. The Bertz CT molecular complexity index is 755. The van der Waals surface area contributed by atoms with E-state index >= 15 is 0 Å². The summed E-state index contributed by atoms with van der Waals surface area (Å²) in [5, 5.41) is 0. The van der Waals surface area contributed by atoms with Gasteiger partial charge in [-0.2, -0.15) is 0 Å². The molecule has 2 nitrogen and oxygen atoms in total. The summed E-state index contributed by atoms with van der Waals surface area (Å²) in [5.41, 5.74) is 2.44. The van der Waals surface area contributed by atoms with E-state index in [1.54, 1.807) is 0 Å². The van der Waals surface area contributed by atoms with Crippen molar-refractivity contribution in [3.05, 3.63) is 71.8 Å². The fraction of sp³-hybridized carbons (Fsp3) is 0.429. The number of rotatable bonds is 8. The predicted octanol–water partition coefficient (Wildman–Crippen LogP) is 7.87. The maximum absolute atomic E-state index is 5.63. The van der Waals surface area contributed by atoms with Crippen LogP contribution in [0.2, 0.25) is 0 Å². The molecule has 0 N–H and O–H groups in total. The van der Waals surface area contributed by atoms with Crippen LogP contribution in [-0.2, 0) is 0 Å². The van der Waals surface area contributed by atoms with Crippen LogP contribution in [0.5, 0.6) is 11.5 Å². The summed E-state index contributed by atoms with van der Waals surface area (Å²) in [4.78, 5) is 0. The second-order valence-corrected chi connectivity index (χ2v) is 8.98. The molecule has 0 unspecified atom stereocenters. The molecule has 0 heterocycles. The molecule has 4 rings (SSSR count). The van der Waals surface area contributed by atoms with Crippen molar-refractivity contribution in [1.29, 1.82) is 0 Å². The first-order valence-corrected chi connectivity index (χ1v) is 12.1. The van der Waals surface area contributed by atoms with E-state index in [0.29, 0.717) is 0 Å². The largest absolute Gasteiger partial charge is 0.658 e. The molecule has 0 spiro atoms. The Balaban J connectivity index is 1.19. The molecule has 0 bridgehead atoms. The maximum atomic E-state index is 5.63. The van der Waals surface area contributed by atoms with Gasteiger partial charge >= 0.3 is 7.69 Å². The molecule has 2 aliphatic carbocycles. The average Bonchev–Trinajstić information content (AvgIpc) is 2.84. The first-order valence-electron chi connectivity index (χ1n) is 12.1. The lowest BCUT2D eigenvalue weighted by Gasteiger charge is -2.17. The summed E-state index contributed by atoms with van der Waals surface area (Å²) in [6, 6.07) is 16.3. The van der Waals surface area contributed by atoms with Crippen molar-refractivity contribution < 1.29 is 9.31 Å². The van der Waals surface area contributed by atoms with Crippen LogP contribution < -0.4 is 9.31 Å². The third-order valence-electron chi connectivity index (χ3n) is 6.55. The summed E-state index contributed by atoms with van der Waals surface area (Å²) in [6.45, 7) is 0. The minimum atomic E-state index is 0.751. The van der Waals surface area contributed by atoms with Crippen LogP contribution in [-0.4, -0.2) is 7.69 Å². The van der Waals surface area contributed by atoms with Gasteiger partial charge in [0.25, 0.3) is 0 Å². The van der Waals surface area contributed by atoms with E-state index in [1.165, 1.54) is 83.0 Å². The predicted molar refractivity (Wildman–Crippen MR) is 131 cm³/mol. The van der Waals surface area contributed by atoms with E-state index < -0.39 is 0 Å². The van der Waals surface area contributed by atoms with E-state index in [2.05, 4.69) is 48.6 Å². The topological polar surface area (TPSA) is 18.5 Å². The van der Waals surface area contributed by atoms with Crippen LogP contribution in [0.4, 0.5) is 0 Å². The Kier molecular flexibility index (Phi) is 8.32. The zero-order valence-electron chi connectivity index (χ0n) is 18.5. The van der Waals surface area contributed by atoms with Gasteiger partial charge in [0.05, 0.1) is 0 Å².